The zero-order valence-corrected chi connectivity index (χ0v) is 11.4. The number of hydrogen-bond acceptors (Lipinski definition) is 1. The third kappa shape index (κ3) is 11.8. The van der Waals surface area contributed by atoms with Gasteiger partial charge in [0.05, 0.1) is 0 Å². The summed E-state index contributed by atoms with van der Waals surface area (Å²) < 4.78 is 26.5. The van der Waals surface area contributed by atoms with Gasteiger partial charge in [0.25, 0.3) is 0 Å². The molecule has 0 bridgehead atoms. The number of halogens is 2. The van der Waals surface area contributed by atoms with E-state index in [1.807, 2.05) is 6.92 Å². The smallest absolute Gasteiger partial charge is 0.303 e. The Bertz CT molecular complexity index is 218. The molecule has 0 aliphatic carbocycles. The highest BCUT2D eigenvalue weighted by Gasteiger charge is 2.26. The number of unbranched alkanes of at least 4 members (excludes halogenated alkanes) is 6. The second-order valence-electron chi connectivity index (χ2n) is 4.97. The van der Waals surface area contributed by atoms with Gasteiger partial charge in [0.2, 0.25) is 5.92 Å². The number of alkyl halides is 2. The Balaban J connectivity index is 3.31. The molecule has 2 nitrogen and oxygen atoms in total. The van der Waals surface area contributed by atoms with Crippen LogP contribution in [0.1, 0.15) is 77.6 Å². The van der Waals surface area contributed by atoms with E-state index in [2.05, 4.69) is 0 Å². The van der Waals surface area contributed by atoms with Crippen LogP contribution in [0.15, 0.2) is 0 Å². The van der Waals surface area contributed by atoms with Crippen molar-refractivity contribution in [1.82, 2.24) is 0 Å². The van der Waals surface area contributed by atoms with E-state index in [1.54, 1.807) is 0 Å². The van der Waals surface area contributed by atoms with E-state index in [-0.39, 0.29) is 19.3 Å². The van der Waals surface area contributed by atoms with Gasteiger partial charge in [0.15, 0.2) is 0 Å². The maximum absolute atomic E-state index is 13.3. The van der Waals surface area contributed by atoms with Crippen LogP contribution >= 0.6 is 0 Å². The van der Waals surface area contributed by atoms with Gasteiger partial charge in [0, 0.05) is 19.3 Å². The van der Waals surface area contributed by atoms with E-state index >= 15 is 0 Å². The van der Waals surface area contributed by atoms with Crippen LogP contribution in [0, 0.1) is 0 Å². The largest absolute Gasteiger partial charge is 0.481 e. The van der Waals surface area contributed by atoms with Crippen LogP contribution in [0.5, 0.6) is 0 Å². The molecule has 0 spiro atoms. The van der Waals surface area contributed by atoms with Gasteiger partial charge < -0.3 is 5.11 Å². The predicted molar refractivity (Wildman–Crippen MR) is 69.0 cm³/mol. The van der Waals surface area contributed by atoms with Gasteiger partial charge in [-0.15, -0.1) is 0 Å². The van der Waals surface area contributed by atoms with E-state index in [9.17, 15) is 13.6 Å². The van der Waals surface area contributed by atoms with Gasteiger partial charge in [-0.25, -0.2) is 8.78 Å². The maximum atomic E-state index is 13.3. The SMILES string of the molecule is CCCCC(F)(F)CCCCCCCCC(=O)O. The van der Waals surface area contributed by atoms with Gasteiger partial charge >= 0.3 is 5.97 Å². The molecule has 108 valence electrons. The summed E-state index contributed by atoms with van der Waals surface area (Å²) in [6, 6.07) is 0. The van der Waals surface area contributed by atoms with E-state index < -0.39 is 11.9 Å². The van der Waals surface area contributed by atoms with Crippen LogP contribution in [0.3, 0.4) is 0 Å². The van der Waals surface area contributed by atoms with E-state index in [4.69, 9.17) is 5.11 Å². The average molecular weight is 264 g/mol. The van der Waals surface area contributed by atoms with Crippen LogP contribution in [-0.2, 0) is 4.79 Å². The highest BCUT2D eigenvalue weighted by molar-refractivity contribution is 5.66. The van der Waals surface area contributed by atoms with Gasteiger partial charge in [-0.2, -0.15) is 0 Å². The third-order valence-corrected chi connectivity index (χ3v) is 3.08. The standard InChI is InChI=1S/C14H26F2O2/c1-2-3-11-14(15,16)12-9-7-5-4-6-8-10-13(17)18/h2-12H2,1H3,(H,17,18). The quantitative estimate of drug-likeness (QED) is 0.503. The Morgan fingerprint density at radius 3 is 2.00 bits per heavy atom. The van der Waals surface area contributed by atoms with Gasteiger partial charge in [-0.3, -0.25) is 4.79 Å². The second-order valence-corrected chi connectivity index (χ2v) is 4.97. The van der Waals surface area contributed by atoms with Crippen molar-refractivity contribution in [2.45, 2.75) is 83.5 Å². The monoisotopic (exact) mass is 264 g/mol. The molecule has 4 heteroatoms. The van der Waals surface area contributed by atoms with Crippen molar-refractivity contribution >= 4 is 5.97 Å². The average Bonchev–Trinajstić information content (AvgIpc) is 2.29. The van der Waals surface area contributed by atoms with Crippen molar-refractivity contribution in [3.8, 4) is 0 Å². The molecule has 18 heavy (non-hydrogen) atoms. The first-order valence-corrected chi connectivity index (χ1v) is 7.07. The van der Waals surface area contributed by atoms with E-state index in [1.165, 1.54) is 0 Å². The molecule has 0 amide bonds. The number of aliphatic carboxylic acids is 1. The third-order valence-electron chi connectivity index (χ3n) is 3.08. The van der Waals surface area contributed by atoms with Crippen molar-refractivity contribution in [2.24, 2.45) is 0 Å². The molecule has 0 saturated carbocycles. The zero-order valence-electron chi connectivity index (χ0n) is 11.4. The maximum Gasteiger partial charge on any atom is 0.303 e. The Morgan fingerprint density at radius 1 is 0.944 bits per heavy atom. The van der Waals surface area contributed by atoms with Crippen LogP contribution in [0.2, 0.25) is 0 Å². The van der Waals surface area contributed by atoms with Gasteiger partial charge in [0.1, 0.15) is 0 Å². The van der Waals surface area contributed by atoms with Crippen molar-refractivity contribution in [3.05, 3.63) is 0 Å². The molecule has 0 aliphatic rings. The number of carboxylic acids is 1. The molecule has 0 unspecified atom stereocenters. The summed E-state index contributed by atoms with van der Waals surface area (Å²) in [5, 5.41) is 8.43. The summed E-state index contributed by atoms with van der Waals surface area (Å²) in [7, 11) is 0. The predicted octanol–water partition coefficient (Wildman–Crippen LogP) is 5.02. The van der Waals surface area contributed by atoms with Crippen LogP contribution in [0.25, 0.3) is 0 Å². The lowest BCUT2D eigenvalue weighted by Gasteiger charge is -2.15. The Labute approximate surface area is 109 Å². The molecule has 0 radical (unpaired) electrons. The molecule has 0 saturated heterocycles. The first-order chi connectivity index (χ1) is 8.48. The minimum atomic E-state index is -2.49. The summed E-state index contributed by atoms with van der Waals surface area (Å²) in [4.78, 5) is 10.2. The van der Waals surface area contributed by atoms with Crippen LogP contribution in [0.4, 0.5) is 8.78 Å². The summed E-state index contributed by atoms with van der Waals surface area (Å²) in [6.07, 6.45) is 6.53. The van der Waals surface area contributed by atoms with Gasteiger partial charge in [-0.05, 0) is 19.3 Å². The first-order valence-electron chi connectivity index (χ1n) is 7.07. The highest BCUT2D eigenvalue weighted by Crippen LogP contribution is 2.27. The van der Waals surface area contributed by atoms with Crippen molar-refractivity contribution in [3.63, 3.8) is 0 Å². The number of rotatable bonds is 12. The van der Waals surface area contributed by atoms with E-state index in [0.29, 0.717) is 19.3 Å². The molecular formula is C14H26F2O2. The van der Waals surface area contributed by atoms with E-state index in [0.717, 1.165) is 32.1 Å². The summed E-state index contributed by atoms with van der Waals surface area (Å²) in [5.74, 6) is -3.25. The lowest BCUT2D eigenvalue weighted by atomic mass is 10.0. The normalized spacial score (nSPS) is 11.7. The van der Waals surface area contributed by atoms with Crippen molar-refractivity contribution in [2.75, 3.05) is 0 Å². The fraction of sp³-hybridized carbons (Fsp3) is 0.929. The molecule has 1 N–H and O–H groups in total. The second kappa shape index (κ2) is 10.3. The fourth-order valence-electron chi connectivity index (χ4n) is 1.93. The van der Waals surface area contributed by atoms with Crippen molar-refractivity contribution < 1.29 is 18.7 Å². The molecule has 0 aliphatic heterocycles. The summed E-state index contributed by atoms with van der Waals surface area (Å²) >= 11 is 0. The minimum absolute atomic E-state index is 0.00211. The van der Waals surface area contributed by atoms with Crippen molar-refractivity contribution in [1.29, 1.82) is 0 Å². The molecule has 0 fully saturated rings. The lowest BCUT2D eigenvalue weighted by Crippen LogP contribution is -2.15. The van der Waals surface area contributed by atoms with Crippen LogP contribution in [-0.4, -0.2) is 17.0 Å². The number of carbonyl (C=O) groups is 1. The topological polar surface area (TPSA) is 37.3 Å². The molecule has 0 aromatic carbocycles. The minimum Gasteiger partial charge on any atom is -0.481 e. The Kier molecular flexibility index (Phi) is 9.89. The fourth-order valence-corrected chi connectivity index (χ4v) is 1.93. The molecule has 0 rings (SSSR count). The van der Waals surface area contributed by atoms with Gasteiger partial charge in [-0.1, -0.05) is 39.0 Å². The first kappa shape index (κ1) is 17.3. The Morgan fingerprint density at radius 2 is 1.44 bits per heavy atom. The highest BCUT2D eigenvalue weighted by atomic mass is 19.3. The molecule has 0 heterocycles. The molecule has 0 atom stereocenters. The number of hydrogen-bond donors (Lipinski definition) is 1. The zero-order chi connectivity index (χ0) is 13.9. The van der Waals surface area contributed by atoms with Crippen LogP contribution < -0.4 is 0 Å². The molecule has 0 aromatic rings. The Hall–Kier alpha value is -0.670. The molecule has 0 aromatic heterocycles. The number of carboxylic acid groups (broad SMARTS) is 1. The lowest BCUT2D eigenvalue weighted by molar-refractivity contribution is -0.137. The molecular weight excluding hydrogens is 238 g/mol. The summed E-state index contributed by atoms with van der Waals surface area (Å²) in [5.41, 5.74) is 0. The summed E-state index contributed by atoms with van der Waals surface area (Å²) in [6.45, 7) is 1.92.